The van der Waals surface area contributed by atoms with E-state index in [2.05, 4.69) is 36.4 Å². The Morgan fingerprint density at radius 2 is 0.851 bits per heavy atom. The highest BCUT2D eigenvalue weighted by atomic mass is 16.3. The van der Waals surface area contributed by atoms with Gasteiger partial charge in [-0.3, -0.25) is 0 Å². The van der Waals surface area contributed by atoms with Crippen LogP contribution in [0.2, 0.25) is 0 Å². The predicted octanol–water partition coefficient (Wildman–Crippen LogP) is 13.2. The van der Waals surface area contributed by atoms with Gasteiger partial charge in [0, 0.05) is 10.8 Å². The van der Waals surface area contributed by atoms with E-state index < -0.39 is 24.2 Å². The van der Waals surface area contributed by atoms with Crippen molar-refractivity contribution >= 4 is 65.0 Å². The monoisotopic (exact) mass is 604 g/mol. The number of fused-ring (bicyclic) bond motifs is 8. The lowest BCUT2D eigenvalue weighted by Crippen LogP contribution is -1.91. The lowest BCUT2D eigenvalue weighted by molar-refractivity contribution is 0.669. The predicted molar refractivity (Wildman–Crippen MR) is 200 cm³/mol. The Kier molecular flexibility index (Phi) is 4.19. The second-order valence-corrected chi connectivity index (χ2v) is 11.9. The van der Waals surface area contributed by atoms with Crippen LogP contribution >= 0.6 is 0 Å². The van der Waals surface area contributed by atoms with Crippen molar-refractivity contribution in [2.75, 3.05) is 0 Å². The molecule has 0 saturated carbocycles. The van der Waals surface area contributed by atoms with Gasteiger partial charge in [0.1, 0.15) is 11.2 Å². The molecule has 1 heteroatoms. The molecule has 1 nitrogen and oxygen atoms in total. The molecule has 0 N–H and O–H groups in total. The van der Waals surface area contributed by atoms with Crippen molar-refractivity contribution in [3.8, 4) is 33.4 Å². The van der Waals surface area contributed by atoms with Crippen molar-refractivity contribution in [2.24, 2.45) is 0 Å². The van der Waals surface area contributed by atoms with E-state index in [1.807, 2.05) is 72.8 Å². The van der Waals surface area contributed by atoms with E-state index in [1.165, 1.54) is 0 Å². The smallest absolute Gasteiger partial charge is 0.135 e. The first-order valence-corrected chi connectivity index (χ1v) is 15.5. The molecule has 9 aromatic carbocycles. The fraction of sp³-hybridized carbons (Fsp3) is 0. The van der Waals surface area contributed by atoms with E-state index in [1.54, 1.807) is 12.1 Å². The SMILES string of the molecule is [2H]c1c([2H])c([2H])c2c(-c3ccc4oc5ccccc5c4c3)c3c([2H])c([2H])c([2H])c([2H])c3c(-c3cccc(-c4ccc5ccc6ccccc6c5c4)c3)c2c1[2H]. The Morgan fingerprint density at radius 1 is 0.340 bits per heavy atom. The zero-order valence-corrected chi connectivity index (χ0v) is 25.0. The standard InChI is InChI=1S/C46H28O/c1-2-13-35-29(10-1)20-21-30-22-23-32(27-41(30)35)31-11-9-12-33(26-31)45-37-15-3-5-17-39(37)46(40-18-6-4-16-38(40)45)34-24-25-44-42(28-34)36-14-7-8-19-43(36)47-44/h1-28H/i3D,4D,5D,6D,15D,16D,17D,18D. The van der Waals surface area contributed by atoms with Gasteiger partial charge >= 0.3 is 0 Å². The zero-order chi connectivity index (χ0) is 37.9. The zero-order valence-electron chi connectivity index (χ0n) is 33.0. The minimum Gasteiger partial charge on any atom is -0.456 e. The summed E-state index contributed by atoms with van der Waals surface area (Å²) >= 11 is 0. The highest BCUT2D eigenvalue weighted by Crippen LogP contribution is 2.45. The average molecular weight is 605 g/mol. The molecule has 0 radical (unpaired) electrons. The lowest BCUT2D eigenvalue weighted by atomic mass is 9.85. The number of hydrogen-bond donors (Lipinski definition) is 0. The summed E-state index contributed by atoms with van der Waals surface area (Å²) in [7, 11) is 0. The Balaban J connectivity index is 1.34. The molecule has 0 bridgehead atoms. The molecule has 0 aliphatic carbocycles. The van der Waals surface area contributed by atoms with Gasteiger partial charge in [-0.05, 0) is 107 Å². The van der Waals surface area contributed by atoms with E-state index in [0.29, 0.717) is 33.4 Å². The second-order valence-electron chi connectivity index (χ2n) is 11.9. The van der Waals surface area contributed by atoms with Gasteiger partial charge in [-0.25, -0.2) is 0 Å². The van der Waals surface area contributed by atoms with Crippen LogP contribution in [-0.4, -0.2) is 0 Å². The van der Waals surface area contributed by atoms with Crippen LogP contribution in [0.5, 0.6) is 0 Å². The summed E-state index contributed by atoms with van der Waals surface area (Å²) in [4.78, 5) is 0. The summed E-state index contributed by atoms with van der Waals surface area (Å²) in [6.07, 6.45) is 0. The quantitative estimate of drug-likeness (QED) is 0.144. The summed E-state index contributed by atoms with van der Waals surface area (Å²) in [5, 5.41) is 6.77. The summed E-state index contributed by atoms with van der Waals surface area (Å²) in [5.74, 6) is 0. The molecule has 1 heterocycles. The van der Waals surface area contributed by atoms with Crippen LogP contribution in [0.15, 0.2) is 174 Å². The molecule has 10 aromatic rings. The van der Waals surface area contributed by atoms with Crippen molar-refractivity contribution in [1.82, 2.24) is 0 Å². The van der Waals surface area contributed by atoms with Gasteiger partial charge in [0.2, 0.25) is 0 Å². The maximum Gasteiger partial charge on any atom is 0.135 e. The molecule has 0 fully saturated rings. The average Bonchev–Trinajstić information content (AvgIpc) is 3.60. The topological polar surface area (TPSA) is 13.1 Å². The van der Waals surface area contributed by atoms with Crippen molar-refractivity contribution in [1.29, 1.82) is 0 Å². The molecule has 1 aromatic heterocycles. The minimum atomic E-state index is -0.433. The molecule has 0 amide bonds. The van der Waals surface area contributed by atoms with Crippen LogP contribution in [0.3, 0.4) is 0 Å². The Bertz CT molecular complexity index is 3230. The van der Waals surface area contributed by atoms with Gasteiger partial charge < -0.3 is 4.42 Å². The first-order valence-electron chi connectivity index (χ1n) is 19.5. The first-order chi connectivity index (χ1) is 26.6. The van der Waals surface area contributed by atoms with Gasteiger partial charge in [0.05, 0.1) is 11.0 Å². The van der Waals surface area contributed by atoms with Gasteiger partial charge in [-0.1, -0.05) is 139 Å². The third kappa shape index (κ3) is 4.03. The lowest BCUT2D eigenvalue weighted by Gasteiger charge is -2.18. The molecular formula is C46H28O. The third-order valence-corrected chi connectivity index (χ3v) is 9.27. The highest BCUT2D eigenvalue weighted by Gasteiger charge is 2.18. The van der Waals surface area contributed by atoms with Crippen LogP contribution in [0.1, 0.15) is 11.0 Å². The van der Waals surface area contributed by atoms with E-state index in [-0.39, 0.29) is 45.7 Å². The van der Waals surface area contributed by atoms with Crippen LogP contribution in [-0.2, 0) is 0 Å². The largest absolute Gasteiger partial charge is 0.456 e. The summed E-state index contributed by atoms with van der Waals surface area (Å²) < 4.78 is 78.8. The molecule has 0 unspecified atom stereocenters. The fourth-order valence-electron chi connectivity index (χ4n) is 7.12. The van der Waals surface area contributed by atoms with E-state index in [9.17, 15) is 5.48 Å². The summed E-state index contributed by atoms with van der Waals surface area (Å²) in [6.45, 7) is 0. The fourth-order valence-corrected chi connectivity index (χ4v) is 7.12. The molecule has 0 saturated heterocycles. The molecule has 0 aliphatic heterocycles. The second kappa shape index (κ2) is 10.2. The normalized spacial score (nSPS) is 14.2. The van der Waals surface area contributed by atoms with E-state index >= 15 is 0 Å². The summed E-state index contributed by atoms with van der Waals surface area (Å²) in [6, 6.07) is 36.5. The van der Waals surface area contributed by atoms with Crippen molar-refractivity contribution < 1.29 is 15.4 Å². The Morgan fingerprint density at radius 3 is 1.60 bits per heavy atom. The third-order valence-electron chi connectivity index (χ3n) is 9.27. The molecule has 0 atom stereocenters. The first kappa shape index (κ1) is 19.4. The molecule has 47 heavy (non-hydrogen) atoms. The molecule has 218 valence electrons. The van der Waals surface area contributed by atoms with Gasteiger partial charge in [0.25, 0.3) is 0 Å². The van der Waals surface area contributed by atoms with E-state index in [4.69, 9.17) is 9.90 Å². The molecule has 10 rings (SSSR count). The number of para-hydroxylation sites is 1. The number of rotatable bonds is 3. The van der Waals surface area contributed by atoms with Crippen LogP contribution < -0.4 is 0 Å². The molecule has 0 spiro atoms. The van der Waals surface area contributed by atoms with E-state index in [0.717, 1.165) is 43.4 Å². The van der Waals surface area contributed by atoms with Gasteiger partial charge in [-0.2, -0.15) is 0 Å². The van der Waals surface area contributed by atoms with Crippen molar-refractivity contribution in [3.05, 3.63) is 170 Å². The highest BCUT2D eigenvalue weighted by molar-refractivity contribution is 6.22. The van der Waals surface area contributed by atoms with Crippen LogP contribution in [0, 0.1) is 0 Å². The Hall–Kier alpha value is -6.18. The maximum absolute atomic E-state index is 9.37. The van der Waals surface area contributed by atoms with Gasteiger partial charge in [0.15, 0.2) is 0 Å². The van der Waals surface area contributed by atoms with Crippen LogP contribution in [0.4, 0.5) is 0 Å². The molecular weight excluding hydrogens is 569 g/mol. The maximum atomic E-state index is 9.37. The Labute approximate surface area is 283 Å². The van der Waals surface area contributed by atoms with Crippen LogP contribution in [0.25, 0.3) is 98.4 Å². The number of hydrogen-bond acceptors (Lipinski definition) is 1. The number of furan rings is 1. The minimum absolute atomic E-state index is 0.174. The number of benzene rings is 9. The van der Waals surface area contributed by atoms with Crippen molar-refractivity contribution in [3.63, 3.8) is 0 Å². The summed E-state index contributed by atoms with van der Waals surface area (Å²) in [5.41, 5.74) is 4.79. The van der Waals surface area contributed by atoms with Crippen molar-refractivity contribution in [2.45, 2.75) is 0 Å². The van der Waals surface area contributed by atoms with Gasteiger partial charge in [-0.15, -0.1) is 0 Å². The molecule has 0 aliphatic rings.